The van der Waals surface area contributed by atoms with Crippen molar-refractivity contribution >= 4 is 36.4 Å². The number of hydrogen-bond acceptors (Lipinski definition) is 4. The summed E-state index contributed by atoms with van der Waals surface area (Å²) in [7, 11) is 0. The first-order valence-electron chi connectivity index (χ1n) is 7.45. The van der Waals surface area contributed by atoms with Crippen molar-refractivity contribution in [1.82, 2.24) is 4.86 Å². The van der Waals surface area contributed by atoms with Crippen LogP contribution < -0.4 is 13.9 Å². The molecule has 0 fully saturated rings. The highest BCUT2D eigenvalue weighted by Gasteiger charge is 2.29. The first kappa shape index (κ1) is 18.6. The molecule has 2 aromatic carbocycles. The summed E-state index contributed by atoms with van der Waals surface area (Å²) in [6, 6.07) is 19.0. The maximum absolute atomic E-state index is 6.06. The molecule has 0 unspecified atom stereocenters. The van der Waals surface area contributed by atoms with Crippen LogP contribution >= 0.6 is 12.8 Å². The van der Waals surface area contributed by atoms with Gasteiger partial charge in [0.1, 0.15) is 11.5 Å². The van der Waals surface area contributed by atoms with Gasteiger partial charge >= 0.3 is 6.64 Å². The maximum atomic E-state index is 6.06. The third kappa shape index (κ3) is 5.70. The van der Waals surface area contributed by atoms with E-state index in [9.17, 15) is 0 Å². The fourth-order valence-corrected chi connectivity index (χ4v) is 9.77. The number of benzene rings is 2. The third-order valence-electron chi connectivity index (χ3n) is 3.26. The number of nitrogens with one attached hydrogen (secondary N) is 1. The Morgan fingerprint density at radius 2 is 1.17 bits per heavy atom. The molecule has 0 spiro atoms. The van der Waals surface area contributed by atoms with Gasteiger partial charge in [-0.2, -0.15) is 4.86 Å². The van der Waals surface area contributed by atoms with Crippen molar-refractivity contribution in [3.8, 4) is 11.5 Å². The predicted molar refractivity (Wildman–Crippen MR) is 107 cm³/mol. The Hall–Kier alpha value is -0.700. The second-order valence-corrected chi connectivity index (χ2v) is 13.7. The van der Waals surface area contributed by atoms with Gasteiger partial charge in [-0.1, -0.05) is 62.1 Å². The van der Waals surface area contributed by atoms with Crippen molar-refractivity contribution in [1.29, 1.82) is 0 Å². The van der Waals surface area contributed by atoms with Crippen LogP contribution in [0, 0.1) is 0 Å². The van der Waals surface area contributed by atoms with Gasteiger partial charge in [0.15, 0.2) is 0 Å². The van der Waals surface area contributed by atoms with Crippen molar-refractivity contribution < 1.29 is 9.05 Å². The topological polar surface area (TPSA) is 30.5 Å². The Balaban J connectivity index is 2.30. The highest BCUT2D eigenvalue weighted by molar-refractivity contribution is 8.20. The largest absolute Gasteiger partial charge is 0.424 e. The van der Waals surface area contributed by atoms with Gasteiger partial charge < -0.3 is 9.05 Å². The zero-order chi connectivity index (χ0) is 16.8. The van der Waals surface area contributed by atoms with E-state index < -0.39 is 12.8 Å². The molecule has 0 bridgehead atoms. The Labute approximate surface area is 148 Å². The molecule has 0 amide bonds. The minimum atomic E-state index is -2.79. The van der Waals surface area contributed by atoms with Gasteiger partial charge in [-0.15, -0.1) is 0 Å². The van der Waals surface area contributed by atoms with Crippen molar-refractivity contribution in [3.05, 3.63) is 60.7 Å². The van der Waals surface area contributed by atoms with Gasteiger partial charge in [0.25, 0.3) is 0 Å². The summed E-state index contributed by atoms with van der Waals surface area (Å²) in [6.45, 7) is 1.38. The lowest BCUT2D eigenvalue weighted by Gasteiger charge is -2.30. The van der Waals surface area contributed by atoms with Crippen LogP contribution in [0.3, 0.4) is 0 Å². The SMILES string of the molecule is CCP(=S)(CC)NP(=S)(Oc1ccccc1)Oc1ccccc1. The van der Waals surface area contributed by atoms with Crippen molar-refractivity contribution in [2.75, 3.05) is 12.3 Å². The molecule has 0 saturated heterocycles. The van der Waals surface area contributed by atoms with Gasteiger partial charge in [0, 0.05) is 18.0 Å². The number of rotatable bonds is 8. The third-order valence-corrected chi connectivity index (χ3v) is 12.1. The molecular weight excluding hydrogens is 364 g/mol. The van der Waals surface area contributed by atoms with Crippen molar-refractivity contribution in [3.63, 3.8) is 0 Å². The highest BCUT2D eigenvalue weighted by Crippen LogP contribution is 2.56. The first-order valence-corrected chi connectivity index (χ1v) is 13.3. The second kappa shape index (κ2) is 8.41. The molecule has 2 rings (SSSR count). The van der Waals surface area contributed by atoms with Crippen LogP contribution in [0.4, 0.5) is 0 Å². The van der Waals surface area contributed by atoms with Gasteiger partial charge in [-0.25, -0.2) is 0 Å². The molecule has 7 heteroatoms. The molecule has 0 saturated carbocycles. The van der Waals surface area contributed by atoms with Crippen LogP contribution in [0.15, 0.2) is 60.7 Å². The molecule has 0 aliphatic rings. The normalized spacial score (nSPS) is 11.9. The van der Waals surface area contributed by atoms with E-state index in [4.69, 9.17) is 32.7 Å². The molecule has 0 heterocycles. The van der Waals surface area contributed by atoms with Gasteiger partial charge in [-0.3, -0.25) is 0 Å². The molecule has 1 N–H and O–H groups in total. The van der Waals surface area contributed by atoms with Crippen LogP contribution in [0.25, 0.3) is 0 Å². The fraction of sp³-hybridized carbons (Fsp3) is 0.250. The van der Waals surface area contributed by atoms with Crippen LogP contribution in [0.1, 0.15) is 13.8 Å². The Morgan fingerprint density at radius 1 is 0.783 bits per heavy atom. The smallest absolute Gasteiger partial charge is 0.369 e. The zero-order valence-corrected chi connectivity index (χ0v) is 16.6. The molecule has 0 aromatic heterocycles. The molecule has 0 aliphatic heterocycles. The van der Waals surface area contributed by atoms with Gasteiger partial charge in [0.05, 0.1) is 0 Å². The number of para-hydroxylation sites is 2. The van der Waals surface area contributed by atoms with E-state index in [1.165, 1.54) is 0 Å². The molecule has 3 nitrogen and oxygen atoms in total. The van der Waals surface area contributed by atoms with Crippen LogP contribution in [0.2, 0.25) is 0 Å². The highest BCUT2D eigenvalue weighted by atomic mass is 32.5. The van der Waals surface area contributed by atoms with E-state index in [-0.39, 0.29) is 0 Å². The van der Waals surface area contributed by atoms with Crippen molar-refractivity contribution in [2.45, 2.75) is 13.8 Å². The average molecular weight is 385 g/mol. The Bertz CT molecular complexity index is 657. The maximum Gasteiger partial charge on any atom is 0.369 e. The minimum absolute atomic E-state index is 0.688. The lowest BCUT2D eigenvalue weighted by atomic mass is 10.3. The monoisotopic (exact) mass is 385 g/mol. The molecule has 2 aromatic rings. The molecule has 0 atom stereocenters. The average Bonchev–Trinajstić information content (AvgIpc) is 2.56. The quantitative estimate of drug-likeness (QED) is 0.616. The van der Waals surface area contributed by atoms with Crippen molar-refractivity contribution in [2.24, 2.45) is 0 Å². The summed E-state index contributed by atoms with van der Waals surface area (Å²) in [5.41, 5.74) is 0. The minimum Gasteiger partial charge on any atom is -0.424 e. The van der Waals surface area contributed by atoms with Crippen LogP contribution in [0.5, 0.6) is 11.5 Å². The summed E-state index contributed by atoms with van der Waals surface area (Å²) in [6.07, 6.45) is -0.0609. The molecule has 0 aliphatic carbocycles. The summed E-state index contributed by atoms with van der Waals surface area (Å²) in [5.74, 6) is 1.38. The second-order valence-electron chi connectivity index (χ2n) is 4.93. The van der Waals surface area contributed by atoms with Crippen LogP contribution in [-0.2, 0) is 23.6 Å². The summed E-state index contributed by atoms with van der Waals surface area (Å²) in [5, 5.41) is 0. The lowest BCUT2D eigenvalue weighted by molar-refractivity contribution is 0.482. The first-order chi connectivity index (χ1) is 11.0. The molecular formula is C16H21NO2P2S2. The van der Waals surface area contributed by atoms with E-state index in [0.717, 1.165) is 12.3 Å². The van der Waals surface area contributed by atoms with E-state index >= 15 is 0 Å². The van der Waals surface area contributed by atoms with Gasteiger partial charge in [0.2, 0.25) is 0 Å². The summed E-state index contributed by atoms with van der Waals surface area (Å²) in [4.78, 5) is 3.41. The lowest BCUT2D eigenvalue weighted by Crippen LogP contribution is -2.18. The summed E-state index contributed by atoms with van der Waals surface area (Å²) >= 11 is 11.5. The van der Waals surface area contributed by atoms with E-state index in [1.807, 2.05) is 60.7 Å². The molecule has 0 radical (unpaired) electrons. The Kier molecular flexibility index (Phi) is 6.82. The zero-order valence-electron chi connectivity index (χ0n) is 13.2. The van der Waals surface area contributed by atoms with E-state index in [2.05, 4.69) is 18.7 Å². The molecule has 23 heavy (non-hydrogen) atoms. The number of hydrogen-bond donors (Lipinski definition) is 1. The Morgan fingerprint density at radius 3 is 1.52 bits per heavy atom. The van der Waals surface area contributed by atoms with Crippen LogP contribution in [-0.4, -0.2) is 12.3 Å². The molecule has 124 valence electrons. The predicted octanol–water partition coefficient (Wildman–Crippen LogP) is 5.39. The van der Waals surface area contributed by atoms with E-state index in [1.54, 1.807) is 0 Å². The summed E-state index contributed by atoms with van der Waals surface area (Å²) < 4.78 is 12.1. The fourth-order valence-electron chi connectivity index (χ4n) is 1.89. The van der Waals surface area contributed by atoms with E-state index in [0.29, 0.717) is 11.5 Å². The standard InChI is InChI=1S/C16H21NO2P2S2/c1-3-20(22,4-2)17-21(23,18-15-11-7-5-8-12-15)19-16-13-9-6-10-14-16/h5-14H,3-4H2,1-2H3,(H,17,22,23). The van der Waals surface area contributed by atoms with Gasteiger partial charge in [-0.05, 0) is 36.6 Å².